The van der Waals surface area contributed by atoms with E-state index in [4.69, 9.17) is 11.6 Å². The van der Waals surface area contributed by atoms with Gasteiger partial charge in [-0.3, -0.25) is 19.2 Å². The first kappa shape index (κ1) is 25.6. The van der Waals surface area contributed by atoms with Crippen LogP contribution in [0.1, 0.15) is 28.4 Å². The summed E-state index contributed by atoms with van der Waals surface area (Å²) in [4.78, 5) is 47.1. The van der Waals surface area contributed by atoms with Crippen molar-refractivity contribution in [3.63, 3.8) is 0 Å². The highest BCUT2D eigenvalue weighted by Crippen LogP contribution is 2.39. The van der Waals surface area contributed by atoms with Crippen LogP contribution in [0.15, 0.2) is 48.7 Å². The molecule has 4 amide bonds. The number of sulfonamides is 1. The number of carbonyl (C=O) groups is 3. The van der Waals surface area contributed by atoms with Crippen molar-refractivity contribution in [2.75, 3.05) is 26.1 Å². The van der Waals surface area contributed by atoms with Crippen LogP contribution in [0.3, 0.4) is 0 Å². The number of carbonyl (C=O) groups excluding carboxylic acids is 3. The Hall–Kier alpha value is -3.48. The molecule has 2 aromatic heterocycles. The van der Waals surface area contributed by atoms with Crippen LogP contribution in [0.5, 0.6) is 0 Å². The summed E-state index contributed by atoms with van der Waals surface area (Å²) in [6, 6.07) is 10.3. The van der Waals surface area contributed by atoms with Crippen molar-refractivity contribution in [3.8, 4) is 0 Å². The molecule has 188 valence electrons. The van der Waals surface area contributed by atoms with E-state index in [2.05, 4.69) is 15.0 Å². The van der Waals surface area contributed by atoms with Crippen LogP contribution < -0.4 is 19.8 Å². The number of urea groups is 1. The van der Waals surface area contributed by atoms with Crippen molar-refractivity contribution in [3.05, 3.63) is 63.4 Å². The van der Waals surface area contributed by atoms with E-state index in [9.17, 15) is 22.8 Å². The SMILES string of the molecule is Cc1sc(C(=O)Nc2cc(Cl)cc(NS(C)(=O)=O)c2)cc1N1C(=O)N(c2ccccn2)C(C)(C)C1=O. The second kappa shape index (κ2) is 9.19. The molecule has 36 heavy (non-hydrogen) atoms. The minimum Gasteiger partial charge on any atom is -0.321 e. The third-order valence-electron chi connectivity index (χ3n) is 5.36. The number of amides is 4. The maximum Gasteiger partial charge on any atom is 0.338 e. The van der Waals surface area contributed by atoms with E-state index in [1.165, 1.54) is 35.4 Å². The molecule has 1 saturated heterocycles. The van der Waals surface area contributed by atoms with Gasteiger partial charge in [0.2, 0.25) is 10.0 Å². The molecule has 0 radical (unpaired) electrons. The molecule has 0 aliphatic carbocycles. The average Bonchev–Trinajstić information content (AvgIpc) is 3.21. The number of nitrogens with one attached hydrogen (secondary N) is 2. The van der Waals surface area contributed by atoms with Crippen molar-refractivity contribution < 1.29 is 22.8 Å². The van der Waals surface area contributed by atoms with Gasteiger partial charge in [-0.1, -0.05) is 17.7 Å². The van der Waals surface area contributed by atoms with Gasteiger partial charge in [0.15, 0.2) is 0 Å². The fourth-order valence-corrected chi connectivity index (χ4v) is 5.49. The first-order valence-electron chi connectivity index (χ1n) is 10.6. The summed E-state index contributed by atoms with van der Waals surface area (Å²) in [5, 5.41) is 2.89. The van der Waals surface area contributed by atoms with E-state index >= 15 is 0 Å². The largest absolute Gasteiger partial charge is 0.338 e. The summed E-state index contributed by atoms with van der Waals surface area (Å²) in [5.74, 6) is -0.618. The molecule has 3 heterocycles. The monoisotopic (exact) mass is 547 g/mol. The smallest absolute Gasteiger partial charge is 0.321 e. The number of nitrogens with zero attached hydrogens (tertiary/aromatic N) is 3. The van der Waals surface area contributed by atoms with Crippen molar-refractivity contribution >= 4 is 73.7 Å². The Kier molecular flexibility index (Phi) is 6.54. The number of hydrogen-bond acceptors (Lipinski definition) is 7. The van der Waals surface area contributed by atoms with Crippen molar-refractivity contribution in [2.45, 2.75) is 26.3 Å². The maximum atomic E-state index is 13.4. The van der Waals surface area contributed by atoms with Crippen molar-refractivity contribution in [2.24, 2.45) is 0 Å². The average molecular weight is 548 g/mol. The van der Waals surface area contributed by atoms with Gasteiger partial charge in [-0.15, -0.1) is 11.3 Å². The molecular formula is C23H22ClN5O5S2. The van der Waals surface area contributed by atoms with E-state index in [-0.39, 0.29) is 21.3 Å². The molecule has 1 fully saturated rings. The van der Waals surface area contributed by atoms with Gasteiger partial charge in [-0.25, -0.2) is 23.1 Å². The van der Waals surface area contributed by atoms with Crippen LogP contribution >= 0.6 is 22.9 Å². The molecule has 0 bridgehead atoms. The summed E-state index contributed by atoms with van der Waals surface area (Å²) >= 11 is 7.18. The van der Waals surface area contributed by atoms with Gasteiger partial charge in [0.1, 0.15) is 11.4 Å². The Morgan fingerprint density at radius 3 is 2.44 bits per heavy atom. The number of pyridine rings is 1. The number of rotatable bonds is 6. The first-order chi connectivity index (χ1) is 16.8. The fraction of sp³-hybridized carbons (Fsp3) is 0.217. The van der Waals surface area contributed by atoms with Crippen LogP contribution in [0.4, 0.5) is 27.7 Å². The van der Waals surface area contributed by atoms with Crippen LogP contribution in [0.2, 0.25) is 5.02 Å². The summed E-state index contributed by atoms with van der Waals surface area (Å²) < 4.78 is 25.4. The highest BCUT2D eigenvalue weighted by Gasteiger charge is 2.53. The lowest BCUT2D eigenvalue weighted by Gasteiger charge is -2.26. The highest BCUT2D eigenvalue weighted by atomic mass is 35.5. The van der Waals surface area contributed by atoms with Gasteiger partial charge in [-0.2, -0.15) is 0 Å². The van der Waals surface area contributed by atoms with E-state index in [0.29, 0.717) is 16.4 Å². The fourth-order valence-electron chi connectivity index (χ4n) is 3.81. The Balaban J connectivity index is 1.62. The standard InChI is InChI=1S/C23H22ClN5O5S2/c1-13-17(28-21(31)23(2,3)29(22(28)32)19-7-5-6-8-25-19)12-18(35-13)20(30)26-15-9-14(24)10-16(11-15)27-36(4,33)34/h5-12,27H,1-4H3,(H,26,30). The third-order valence-corrected chi connectivity index (χ3v) is 7.22. The topological polar surface area (TPSA) is 129 Å². The number of halogens is 1. The molecule has 3 aromatic rings. The molecule has 0 saturated carbocycles. The lowest BCUT2D eigenvalue weighted by molar-refractivity contribution is -0.120. The minimum absolute atomic E-state index is 0.188. The molecule has 1 aliphatic heterocycles. The Bertz CT molecular complexity index is 1490. The van der Waals surface area contributed by atoms with Gasteiger partial charge < -0.3 is 5.32 Å². The van der Waals surface area contributed by atoms with Gasteiger partial charge in [-0.05, 0) is 57.2 Å². The predicted molar refractivity (Wildman–Crippen MR) is 141 cm³/mol. The third kappa shape index (κ3) is 4.92. The molecule has 1 aliphatic rings. The van der Waals surface area contributed by atoms with E-state index in [1.807, 2.05) is 0 Å². The maximum absolute atomic E-state index is 13.4. The molecule has 0 spiro atoms. The number of aryl methyl sites for hydroxylation is 1. The van der Waals surface area contributed by atoms with Gasteiger partial charge >= 0.3 is 6.03 Å². The highest BCUT2D eigenvalue weighted by molar-refractivity contribution is 7.92. The zero-order valence-electron chi connectivity index (χ0n) is 19.7. The van der Waals surface area contributed by atoms with E-state index < -0.39 is 33.4 Å². The van der Waals surface area contributed by atoms with Gasteiger partial charge in [0.25, 0.3) is 11.8 Å². The summed E-state index contributed by atoms with van der Waals surface area (Å²) in [6.07, 6.45) is 2.54. The van der Waals surface area contributed by atoms with E-state index in [0.717, 1.165) is 22.5 Å². The summed E-state index contributed by atoms with van der Waals surface area (Å²) in [5.41, 5.74) is -0.431. The summed E-state index contributed by atoms with van der Waals surface area (Å²) in [6.45, 7) is 4.98. The number of anilines is 4. The molecule has 0 atom stereocenters. The number of benzene rings is 1. The number of aromatic nitrogens is 1. The second-order valence-electron chi connectivity index (χ2n) is 8.61. The Morgan fingerprint density at radius 2 is 1.81 bits per heavy atom. The van der Waals surface area contributed by atoms with Crippen LogP contribution in [0, 0.1) is 6.92 Å². The van der Waals surface area contributed by atoms with Crippen LogP contribution in [-0.2, 0) is 14.8 Å². The number of hydrogen-bond donors (Lipinski definition) is 2. The molecule has 0 unspecified atom stereocenters. The number of imide groups is 1. The normalized spacial score (nSPS) is 15.4. The van der Waals surface area contributed by atoms with Crippen LogP contribution in [0.25, 0.3) is 0 Å². The Morgan fingerprint density at radius 1 is 1.11 bits per heavy atom. The lowest BCUT2D eigenvalue weighted by Crippen LogP contribution is -2.44. The lowest BCUT2D eigenvalue weighted by atomic mass is 10.0. The van der Waals surface area contributed by atoms with Crippen molar-refractivity contribution in [1.82, 2.24) is 4.98 Å². The Labute approximate surface area is 216 Å². The molecular weight excluding hydrogens is 526 g/mol. The molecule has 2 N–H and O–H groups in total. The van der Waals surface area contributed by atoms with E-state index in [1.54, 1.807) is 39.0 Å². The zero-order valence-corrected chi connectivity index (χ0v) is 22.1. The predicted octanol–water partition coefficient (Wildman–Crippen LogP) is 4.48. The first-order valence-corrected chi connectivity index (χ1v) is 13.7. The summed E-state index contributed by atoms with van der Waals surface area (Å²) in [7, 11) is -3.54. The molecule has 10 nitrogen and oxygen atoms in total. The molecule has 4 rings (SSSR count). The van der Waals surface area contributed by atoms with Gasteiger partial charge in [0.05, 0.1) is 22.5 Å². The molecule has 13 heteroatoms. The van der Waals surface area contributed by atoms with Crippen LogP contribution in [-0.4, -0.2) is 43.0 Å². The van der Waals surface area contributed by atoms with Gasteiger partial charge in [0, 0.05) is 21.8 Å². The second-order valence-corrected chi connectivity index (χ2v) is 12.1. The quantitative estimate of drug-likeness (QED) is 0.438. The zero-order chi connectivity index (χ0) is 26.4. The van der Waals surface area contributed by atoms with Crippen molar-refractivity contribution in [1.29, 1.82) is 0 Å². The molecule has 1 aromatic carbocycles. The number of thiophene rings is 1. The minimum atomic E-state index is -3.54.